The van der Waals surface area contributed by atoms with Crippen molar-refractivity contribution in [3.63, 3.8) is 0 Å². The molecule has 0 bridgehead atoms. The topological polar surface area (TPSA) is 44.5 Å². The third-order valence-corrected chi connectivity index (χ3v) is 4.38. The van der Waals surface area contributed by atoms with Crippen LogP contribution in [-0.2, 0) is 15.9 Å². The summed E-state index contributed by atoms with van der Waals surface area (Å²) in [6.07, 6.45) is 1.81. The summed E-state index contributed by atoms with van der Waals surface area (Å²) in [5, 5.41) is 0. The number of thiophene rings is 1. The Kier molecular flexibility index (Phi) is 5.73. The van der Waals surface area contributed by atoms with Crippen LogP contribution >= 0.6 is 11.3 Å². The van der Waals surface area contributed by atoms with Gasteiger partial charge in [-0.1, -0.05) is 24.3 Å². The second-order valence-electron chi connectivity index (χ2n) is 4.58. The molecule has 0 aliphatic rings. The van der Waals surface area contributed by atoms with E-state index in [1.807, 2.05) is 23.5 Å². The molecule has 0 radical (unpaired) electrons. The molecule has 3 nitrogen and oxygen atoms in total. The molecule has 4 heteroatoms. The van der Waals surface area contributed by atoms with Crippen molar-refractivity contribution in [1.82, 2.24) is 0 Å². The maximum absolute atomic E-state index is 5.55. The van der Waals surface area contributed by atoms with Gasteiger partial charge in [0.2, 0.25) is 0 Å². The van der Waals surface area contributed by atoms with Crippen LogP contribution in [0.2, 0.25) is 0 Å². The Hall–Kier alpha value is -1.20. The fourth-order valence-electron chi connectivity index (χ4n) is 2.12. The van der Waals surface area contributed by atoms with Crippen molar-refractivity contribution >= 4 is 11.3 Å². The van der Waals surface area contributed by atoms with Gasteiger partial charge in [-0.15, -0.1) is 11.3 Å². The SMILES string of the molecule is COC(OC)c1ccc(-c2ccc(CCCN)s2)cc1. The quantitative estimate of drug-likeness (QED) is 0.793. The van der Waals surface area contributed by atoms with Gasteiger partial charge in [-0.2, -0.15) is 0 Å². The van der Waals surface area contributed by atoms with Crippen LogP contribution < -0.4 is 5.73 Å². The highest BCUT2D eigenvalue weighted by Crippen LogP contribution is 2.30. The predicted molar refractivity (Wildman–Crippen MR) is 83.9 cm³/mol. The second kappa shape index (κ2) is 7.55. The summed E-state index contributed by atoms with van der Waals surface area (Å²) in [5.41, 5.74) is 7.80. The van der Waals surface area contributed by atoms with E-state index in [0.29, 0.717) is 0 Å². The highest BCUT2D eigenvalue weighted by molar-refractivity contribution is 7.15. The highest BCUT2D eigenvalue weighted by atomic mass is 32.1. The molecule has 20 heavy (non-hydrogen) atoms. The normalized spacial score (nSPS) is 11.2. The van der Waals surface area contributed by atoms with E-state index in [1.54, 1.807) is 14.2 Å². The molecular formula is C16H21NO2S. The van der Waals surface area contributed by atoms with Crippen molar-refractivity contribution in [3.8, 4) is 10.4 Å². The van der Waals surface area contributed by atoms with Crippen LogP contribution in [0.1, 0.15) is 23.2 Å². The predicted octanol–water partition coefficient (Wildman–Crippen LogP) is 3.60. The van der Waals surface area contributed by atoms with E-state index in [-0.39, 0.29) is 6.29 Å². The summed E-state index contributed by atoms with van der Waals surface area (Å²) < 4.78 is 10.5. The first-order chi connectivity index (χ1) is 9.78. The van der Waals surface area contributed by atoms with Crippen LogP contribution in [0.3, 0.4) is 0 Å². The van der Waals surface area contributed by atoms with Gasteiger partial charge in [0.1, 0.15) is 0 Å². The molecule has 1 heterocycles. The van der Waals surface area contributed by atoms with Crippen LogP contribution in [0.4, 0.5) is 0 Å². The minimum atomic E-state index is -0.299. The van der Waals surface area contributed by atoms with E-state index in [9.17, 15) is 0 Å². The van der Waals surface area contributed by atoms with Gasteiger partial charge in [0.05, 0.1) is 0 Å². The smallest absolute Gasteiger partial charge is 0.183 e. The Labute approximate surface area is 124 Å². The van der Waals surface area contributed by atoms with Crippen molar-refractivity contribution in [2.24, 2.45) is 5.73 Å². The summed E-state index contributed by atoms with van der Waals surface area (Å²) in [7, 11) is 3.29. The number of hydrogen-bond acceptors (Lipinski definition) is 4. The Bertz CT molecular complexity index is 518. The zero-order chi connectivity index (χ0) is 14.4. The molecule has 1 aromatic heterocycles. The second-order valence-corrected chi connectivity index (χ2v) is 5.75. The number of hydrogen-bond donors (Lipinski definition) is 1. The Morgan fingerprint density at radius 2 is 1.75 bits per heavy atom. The van der Waals surface area contributed by atoms with Crippen molar-refractivity contribution in [2.75, 3.05) is 20.8 Å². The number of benzene rings is 1. The fourth-order valence-corrected chi connectivity index (χ4v) is 3.17. The molecule has 0 saturated carbocycles. The minimum absolute atomic E-state index is 0.299. The standard InChI is InChI=1S/C16H21NO2S/c1-18-16(19-2)13-7-5-12(6-8-13)15-10-9-14(20-15)4-3-11-17/h5-10,16H,3-4,11,17H2,1-2H3. The molecule has 1 aromatic carbocycles. The lowest BCUT2D eigenvalue weighted by Crippen LogP contribution is -2.02. The van der Waals surface area contributed by atoms with Gasteiger partial charge in [0.15, 0.2) is 6.29 Å². The number of ether oxygens (including phenoxy) is 2. The molecule has 0 saturated heterocycles. The van der Waals surface area contributed by atoms with Gasteiger partial charge >= 0.3 is 0 Å². The number of aryl methyl sites for hydroxylation is 1. The van der Waals surface area contributed by atoms with Gasteiger partial charge in [-0.25, -0.2) is 0 Å². The van der Waals surface area contributed by atoms with Crippen LogP contribution in [0.25, 0.3) is 10.4 Å². The lowest BCUT2D eigenvalue weighted by atomic mass is 10.1. The molecule has 2 aromatic rings. The van der Waals surface area contributed by atoms with Crippen molar-refractivity contribution < 1.29 is 9.47 Å². The first kappa shape index (κ1) is 15.2. The van der Waals surface area contributed by atoms with Gasteiger partial charge < -0.3 is 15.2 Å². The first-order valence-corrected chi connectivity index (χ1v) is 7.55. The van der Waals surface area contributed by atoms with E-state index in [4.69, 9.17) is 15.2 Å². The molecule has 0 fully saturated rings. The van der Waals surface area contributed by atoms with Crippen LogP contribution in [0, 0.1) is 0 Å². The largest absolute Gasteiger partial charge is 0.352 e. The Morgan fingerprint density at radius 3 is 2.35 bits per heavy atom. The number of methoxy groups -OCH3 is 2. The zero-order valence-corrected chi connectivity index (χ0v) is 12.8. The van der Waals surface area contributed by atoms with Gasteiger partial charge in [-0.3, -0.25) is 0 Å². The van der Waals surface area contributed by atoms with Gasteiger partial charge in [0.25, 0.3) is 0 Å². The molecule has 108 valence electrons. The highest BCUT2D eigenvalue weighted by Gasteiger charge is 2.09. The fraction of sp³-hybridized carbons (Fsp3) is 0.375. The summed E-state index contributed by atoms with van der Waals surface area (Å²) >= 11 is 1.83. The molecule has 0 unspecified atom stereocenters. The Morgan fingerprint density at radius 1 is 1.05 bits per heavy atom. The third kappa shape index (κ3) is 3.67. The van der Waals surface area contributed by atoms with Crippen LogP contribution in [0.5, 0.6) is 0 Å². The third-order valence-electron chi connectivity index (χ3n) is 3.18. The number of nitrogens with two attached hydrogens (primary N) is 1. The molecule has 2 N–H and O–H groups in total. The van der Waals surface area contributed by atoms with E-state index < -0.39 is 0 Å². The number of rotatable bonds is 7. The average molecular weight is 291 g/mol. The van der Waals surface area contributed by atoms with Crippen molar-refractivity contribution in [2.45, 2.75) is 19.1 Å². The molecule has 0 aliphatic carbocycles. The van der Waals surface area contributed by atoms with E-state index in [2.05, 4.69) is 24.3 Å². The van der Waals surface area contributed by atoms with Crippen molar-refractivity contribution in [1.29, 1.82) is 0 Å². The monoisotopic (exact) mass is 291 g/mol. The van der Waals surface area contributed by atoms with Gasteiger partial charge in [0, 0.05) is 29.5 Å². The molecule has 2 rings (SSSR count). The molecule has 0 spiro atoms. The first-order valence-electron chi connectivity index (χ1n) is 6.73. The molecular weight excluding hydrogens is 270 g/mol. The minimum Gasteiger partial charge on any atom is -0.352 e. The summed E-state index contributed by atoms with van der Waals surface area (Å²) in [6.45, 7) is 0.747. The van der Waals surface area contributed by atoms with Crippen LogP contribution in [0.15, 0.2) is 36.4 Å². The maximum atomic E-state index is 5.55. The van der Waals surface area contributed by atoms with E-state index in [1.165, 1.54) is 15.3 Å². The van der Waals surface area contributed by atoms with Gasteiger partial charge in [-0.05, 0) is 37.1 Å². The molecule has 0 aliphatic heterocycles. The van der Waals surface area contributed by atoms with Crippen LogP contribution in [-0.4, -0.2) is 20.8 Å². The molecule has 0 atom stereocenters. The summed E-state index contributed by atoms with van der Waals surface area (Å²) in [6, 6.07) is 12.7. The maximum Gasteiger partial charge on any atom is 0.183 e. The Balaban J connectivity index is 2.11. The lowest BCUT2D eigenvalue weighted by Gasteiger charge is -2.13. The summed E-state index contributed by atoms with van der Waals surface area (Å²) in [5.74, 6) is 0. The van der Waals surface area contributed by atoms with E-state index >= 15 is 0 Å². The average Bonchev–Trinajstić information content (AvgIpc) is 2.96. The zero-order valence-electron chi connectivity index (χ0n) is 12.0. The summed E-state index contributed by atoms with van der Waals surface area (Å²) in [4.78, 5) is 2.68. The molecule has 0 amide bonds. The lowest BCUT2D eigenvalue weighted by molar-refractivity contribution is -0.106. The van der Waals surface area contributed by atoms with E-state index in [0.717, 1.165) is 24.9 Å². The van der Waals surface area contributed by atoms with Crippen molar-refractivity contribution in [3.05, 3.63) is 46.8 Å².